The molecule has 0 aliphatic rings. The van der Waals surface area contributed by atoms with Gasteiger partial charge in [0.25, 0.3) is 0 Å². The minimum Gasteiger partial charge on any atom is -0.357 e. The third kappa shape index (κ3) is 6.80. The first-order valence-corrected chi connectivity index (χ1v) is 12.5. The number of rotatable bonds is 9. The molecule has 0 saturated heterocycles. The molecule has 0 spiro atoms. The lowest BCUT2D eigenvalue weighted by Crippen LogP contribution is -2.50. The van der Waals surface area contributed by atoms with Gasteiger partial charge in [-0.15, -0.1) is 0 Å². The molecule has 1 atom stereocenters. The van der Waals surface area contributed by atoms with Crippen LogP contribution in [0.15, 0.2) is 53.0 Å². The monoisotopic (exact) mass is 509 g/mol. The molecule has 2 aromatic carbocycles. The summed E-state index contributed by atoms with van der Waals surface area (Å²) < 4.78 is 26.9. The SMILES string of the molecule is CCc1ccc(N(CC(=O)N(Cc2ccc(Br)cc2)[C@@H](C)C(=O)NC)S(C)(=O)=O)cc1. The molecule has 0 saturated carbocycles. The Balaban J connectivity index is 2.35. The number of aryl methyl sites for hydroxylation is 1. The Hall–Kier alpha value is -2.39. The van der Waals surface area contributed by atoms with Crippen molar-refractivity contribution in [3.05, 3.63) is 64.1 Å². The van der Waals surface area contributed by atoms with Crippen molar-refractivity contribution in [2.24, 2.45) is 0 Å². The highest BCUT2D eigenvalue weighted by Crippen LogP contribution is 2.20. The molecule has 0 heterocycles. The Morgan fingerprint density at radius 3 is 2.06 bits per heavy atom. The number of nitrogens with zero attached hydrogens (tertiary/aromatic N) is 2. The van der Waals surface area contributed by atoms with Gasteiger partial charge in [-0.05, 0) is 48.7 Å². The van der Waals surface area contributed by atoms with Gasteiger partial charge in [0.2, 0.25) is 21.8 Å². The van der Waals surface area contributed by atoms with Gasteiger partial charge < -0.3 is 10.2 Å². The van der Waals surface area contributed by atoms with E-state index in [9.17, 15) is 18.0 Å². The molecular weight excluding hydrogens is 482 g/mol. The molecule has 0 unspecified atom stereocenters. The number of sulfonamides is 1. The van der Waals surface area contributed by atoms with Gasteiger partial charge in [0.1, 0.15) is 12.6 Å². The number of hydrogen-bond donors (Lipinski definition) is 1. The number of anilines is 1. The molecule has 0 bridgehead atoms. The second-order valence-corrected chi connectivity index (χ2v) is 10.1. The third-order valence-electron chi connectivity index (χ3n) is 4.99. The maximum Gasteiger partial charge on any atom is 0.244 e. The van der Waals surface area contributed by atoms with Gasteiger partial charge in [0.05, 0.1) is 11.9 Å². The van der Waals surface area contributed by atoms with Crippen molar-refractivity contribution in [1.29, 1.82) is 0 Å². The number of benzene rings is 2. The van der Waals surface area contributed by atoms with Crippen molar-refractivity contribution in [3.63, 3.8) is 0 Å². The predicted octanol–water partition coefficient (Wildman–Crippen LogP) is 2.94. The summed E-state index contributed by atoms with van der Waals surface area (Å²) >= 11 is 3.38. The van der Waals surface area contributed by atoms with Gasteiger partial charge >= 0.3 is 0 Å². The molecule has 168 valence electrons. The maximum absolute atomic E-state index is 13.3. The normalized spacial score (nSPS) is 12.2. The Morgan fingerprint density at radius 2 is 1.58 bits per heavy atom. The molecule has 2 aromatic rings. The van der Waals surface area contributed by atoms with E-state index in [2.05, 4.69) is 21.2 Å². The van der Waals surface area contributed by atoms with Crippen LogP contribution in [-0.4, -0.2) is 51.0 Å². The zero-order chi connectivity index (χ0) is 23.2. The van der Waals surface area contributed by atoms with Crippen LogP contribution < -0.4 is 9.62 Å². The smallest absolute Gasteiger partial charge is 0.244 e. The van der Waals surface area contributed by atoms with Crippen LogP contribution in [0.4, 0.5) is 5.69 Å². The third-order valence-corrected chi connectivity index (χ3v) is 6.66. The van der Waals surface area contributed by atoms with Crippen molar-refractivity contribution in [2.75, 3.05) is 24.2 Å². The summed E-state index contributed by atoms with van der Waals surface area (Å²) in [6.45, 7) is 3.40. The largest absolute Gasteiger partial charge is 0.357 e. The van der Waals surface area contributed by atoms with Gasteiger partial charge in [-0.25, -0.2) is 8.42 Å². The first-order chi connectivity index (χ1) is 14.6. The standard InChI is InChI=1S/C22H28BrN3O4S/c1-5-17-8-12-20(13-9-17)26(31(4,29)30)15-21(27)25(16(2)22(28)24-3)14-18-6-10-19(23)11-7-18/h6-13,16H,5,14-15H2,1-4H3,(H,24,28)/t16-/m0/s1. The predicted molar refractivity (Wildman–Crippen MR) is 126 cm³/mol. The second-order valence-electron chi connectivity index (χ2n) is 7.23. The Kier molecular flexibility index (Phi) is 8.64. The van der Waals surface area contributed by atoms with E-state index in [1.54, 1.807) is 19.1 Å². The lowest BCUT2D eigenvalue weighted by molar-refractivity contribution is -0.139. The number of nitrogens with one attached hydrogen (secondary N) is 1. The van der Waals surface area contributed by atoms with E-state index >= 15 is 0 Å². The first kappa shape index (κ1) is 24.9. The molecule has 1 N–H and O–H groups in total. The van der Waals surface area contributed by atoms with Gasteiger partial charge in [-0.1, -0.05) is 47.1 Å². The van der Waals surface area contributed by atoms with Gasteiger partial charge in [-0.2, -0.15) is 0 Å². The fourth-order valence-electron chi connectivity index (χ4n) is 3.09. The van der Waals surface area contributed by atoms with Crippen LogP contribution in [0, 0.1) is 0 Å². The molecule has 0 aliphatic heterocycles. The molecule has 9 heteroatoms. The van der Waals surface area contributed by atoms with Crippen molar-refractivity contribution in [3.8, 4) is 0 Å². The summed E-state index contributed by atoms with van der Waals surface area (Å²) in [4.78, 5) is 26.9. The number of likely N-dealkylation sites (N-methyl/N-ethyl adjacent to an activating group) is 1. The molecule has 0 radical (unpaired) electrons. The molecule has 0 fully saturated rings. The minimum atomic E-state index is -3.72. The first-order valence-electron chi connectivity index (χ1n) is 9.89. The average Bonchev–Trinajstić information content (AvgIpc) is 2.75. The topological polar surface area (TPSA) is 86.8 Å². The molecule has 0 aromatic heterocycles. The molecule has 2 amide bonds. The van der Waals surface area contributed by atoms with Crippen molar-refractivity contribution in [2.45, 2.75) is 32.9 Å². The van der Waals surface area contributed by atoms with Gasteiger partial charge in [0, 0.05) is 18.1 Å². The van der Waals surface area contributed by atoms with Crippen LogP contribution in [0.25, 0.3) is 0 Å². The second kappa shape index (κ2) is 10.8. The molecular formula is C22H28BrN3O4S. The summed E-state index contributed by atoms with van der Waals surface area (Å²) in [5.74, 6) is -0.798. The molecule has 2 rings (SSSR count). The molecule has 31 heavy (non-hydrogen) atoms. The quantitative estimate of drug-likeness (QED) is 0.562. The number of hydrogen-bond acceptors (Lipinski definition) is 4. The highest BCUT2D eigenvalue weighted by molar-refractivity contribution is 9.10. The van der Waals surface area contributed by atoms with Gasteiger partial charge in [-0.3, -0.25) is 13.9 Å². The van der Waals surface area contributed by atoms with Crippen LogP contribution >= 0.6 is 15.9 Å². The number of halogens is 1. The summed E-state index contributed by atoms with van der Waals surface area (Å²) in [6, 6.07) is 13.7. The zero-order valence-electron chi connectivity index (χ0n) is 18.1. The van der Waals surface area contributed by atoms with Crippen LogP contribution in [0.1, 0.15) is 25.0 Å². The maximum atomic E-state index is 13.3. The van der Waals surface area contributed by atoms with E-state index in [0.29, 0.717) is 5.69 Å². The summed E-state index contributed by atoms with van der Waals surface area (Å²) in [7, 11) is -2.22. The summed E-state index contributed by atoms with van der Waals surface area (Å²) in [5.41, 5.74) is 2.29. The Morgan fingerprint density at radius 1 is 1.03 bits per heavy atom. The van der Waals surface area contributed by atoms with Crippen LogP contribution in [0.2, 0.25) is 0 Å². The number of amides is 2. The van der Waals surface area contributed by atoms with E-state index in [-0.39, 0.29) is 12.5 Å². The Bertz CT molecular complexity index is 1010. The van der Waals surface area contributed by atoms with E-state index in [4.69, 9.17) is 0 Å². The lowest BCUT2D eigenvalue weighted by atomic mass is 10.1. The van der Waals surface area contributed by atoms with Crippen molar-refractivity contribution < 1.29 is 18.0 Å². The van der Waals surface area contributed by atoms with Gasteiger partial charge in [0.15, 0.2) is 0 Å². The zero-order valence-corrected chi connectivity index (χ0v) is 20.5. The highest BCUT2D eigenvalue weighted by atomic mass is 79.9. The van der Waals surface area contributed by atoms with E-state index in [1.807, 2.05) is 43.3 Å². The number of carbonyl (C=O) groups excluding carboxylic acids is 2. The average molecular weight is 510 g/mol. The fourth-order valence-corrected chi connectivity index (χ4v) is 4.20. The van der Waals surface area contributed by atoms with E-state index < -0.39 is 28.5 Å². The van der Waals surface area contributed by atoms with E-state index in [0.717, 1.165) is 32.6 Å². The van der Waals surface area contributed by atoms with Crippen molar-refractivity contribution in [1.82, 2.24) is 10.2 Å². The molecule has 0 aliphatic carbocycles. The fraction of sp³-hybridized carbons (Fsp3) is 0.364. The lowest BCUT2D eigenvalue weighted by Gasteiger charge is -2.31. The summed E-state index contributed by atoms with van der Waals surface area (Å²) in [5, 5.41) is 2.55. The van der Waals surface area contributed by atoms with Crippen LogP contribution in [0.5, 0.6) is 0 Å². The summed E-state index contributed by atoms with van der Waals surface area (Å²) in [6.07, 6.45) is 1.89. The Labute approximate surface area is 192 Å². The van der Waals surface area contributed by atoms with Crippen LogP contribution in [0.3, 0.4) is 0 Å². The molecule has 7 nitrogen and oxygen atoms in total. The van der Waals surface area contributed by atoms with Crippen LogP contribution in [-0.2, 0) is 32.6 Å². The van der Waals surface area contributed by atoms with E-state index in [1.165, 1.54) is 11.9 Å². The highest BCUT2D eigenvalue weighted by Gasteiger charge is 2.29. The van der Waals surface area contributed by atoms with Crippen molar-refractivity contribution >= 4 is 43.5 Å². The minimum absolute atomic E-state index is 0.174. The number of carbonyl (C=O) groups is 2.